The molecule has 0 unspecified atom stereocenters. The number of alkyl carbamates (subject to hydrolysis) is 1. The van der Waals surface area contributed by atoms with Crippen molar-refractivity contribution >= 4 is 59.8 Å². The minimum atomic E-state index is -0.823. The van der Waals surface area contributed by atoms with E-state index in [2.05, 4.69) is 63.3 Å². The highest BCUT2D eigenvalue weighted by Gasteiger charge is 2.25. The van der Waals surface area contributed by atoms with Crippen molar-refractivity contribution in [3.05, 3.63) is 54.9 Å². The largest absolute Gasteiger partial charge is 0.496 e. The van der Waals surface area contributed by atoms with Gasteiger partial charge in [-0.15, -0.1) is 0 Å². The van der Waals surface area contributed by atoms with E-state index < -0.39 is 17.7 Å². The first kappa shape index (κ1) is 33.4. The summed E-state index contributed by atoms with van der Waals surface area (Å²) >= 11 is 10.7. The van der Waals surface area contributed by atoms with Crippen molar-refractivity contribution in [1.82, 2.24) is 15.5 Å². The maximum Gasteiger partial charge on any atom is 0.408 e. The van der Waals surface area contributed by atoms with Crippen molar-refractivity contribution in [3.63, 3.8) is 0 Å². The summed E-state index contributed by atoms with van der Waals surface area (Å²) in [4.78, 5) is 27.8. The number of hydrogen-bond donors (Lipinski definition) is 2. The van der Waals surface area contributed by atoms with Gasteiger partial charge in [-0.05, 0) is 131 Å². The average Bonchev–Trinajstić information content (AvgIpc) is 2.81. The predicted octanol–water partition coefficient (Wildman–Crippen LogP) is 6.11. The standard InChI is InChI=1S/C28H38Br3N3O5/c1-28(2,3)39-27(36)33-23(17-18-8-9-24(37-6)20(29)14-18)26(35)32-11-10-19-15-21(30)25(22(31)16-19)38-13-7-12-34(4)5/h8-9,14-16,23H,7,10-13,17H2,1-6H3,(H,32,35)(H,33,36)/t23-/m0/s1. The molecule has 0 radical (unpaired) electrons. The Morgan fingerprint density at radius 2 is 1.64 bits per heavy atom. The van der Waals surface area contributed by atoms with Crippen LogP contribution in [-0.2, 0) is 22.4 Å². The van der Waals surface area contributed by atoms with Crippen molar-refractivity contribution in [2.45, 2.75) is 51.7 Å². The smallest absolute Gasteiger partial charge is 0.408 e. The first-order valence-corrected chi connectivity index (χ1v) is 15.0. The number of rotatable bonds is 13. The van der Waals surface area contributed by atoms with Crippen molar-refractivity contribution in [2.24, 2.45) is 0 Å². The van der Waals surface area contributed by atoms with Crippen LogP contribution in [0.25, 0.3) is 0 Å². The number of carbonyl (C=O) groups is 2. The summed E-state index contributed by atoms with van der Waals surface area (Å²) in [7, 11) is 5.66. The monoisotopic (exact) mass is 733 g/mol. The number of carbonyl (C=O) groups excluding carboxylic acids is 2. The molecule has 11 heteroatoms. The Hall–Kier alpha value is -1.82. The molecule has 2 rings (SSSR count). The van der Waals surface area contributed by atoms with Crippen LogP contribution < -0.4 is 20.1 Å². The number of amides is 2. The van der Waals surface area contributed by atoms with Gasteiger partial charge in [-0.3, -0.25) is 4.79 Å². The average molecular weight is 736 g/mol. The summed E-state index contributed by atoms with van der Waals surface area (Å²) in [5, 5.41) is 5.67. The minimum absolute atomic E-state index is 0.282. The number of nitrogens with zero attached hydrogens (tertiary/aromatic N) is 1. The van der Waals surface area contributed by atoms with Crippen LogP contribution in [0.5, 0.6) is 11.5 Å². The number of ether oxygens (including phenoxy) is 3. The highest BCUT2D eigenvalue weighted by atomic mass is 79.9. The fraction of sp³-hybridized carbons (Fsp3) is 0.500. The Bertz CT molecular complexity index is 1100. The molecule has 39 heavy (non-hydrogen) atoms. The molecule has 2 aromatic carbocycles. The molecule has 2 N–H and O–H groups in total. The van der Waals surface area contributed by atoms with Gasteiger partial charge in [-0.1, -0.05) is 6.07 Å². The number of methoxy groups -OCH3 is 1. The molecule has 0 aliphatic rings. The van der Waals surface area contributed by atoms with E-state index in [0.29, 0.717) is 25.3 Å². The molecular weight excluding hydrogens is 698 g/mol. The van der Waals surface area contributed by atoms with E-state index in [4.69, 9.17) is 14.2 Å². The lowest BCUT2D eigenvalue weighted by molar-refractivity contribution is -0.123. The van der Waals surface area contributed by atoms with Crippen LogP contribution in [0.2, 0.25) is 0 Å². The molecule has 0 aliphatic carbocycles. The molecule has 2 aromatic rings. The maximum absolute atomic E-state index is 13.2. The molecule has 0 saturated carbocycles. The van der Waals surface area contributed by atoms with Gasteiger partial charge in [0.2, 0.25) is 5.91 Å². The third kappa shape index (κ3) is 12.1. The minimum Gasteiger partial charge on any atom is -0.496 e. The number of halogens is 3. The van der Waals surface area contributed by atoms with Gasteiger partial charge in [-0.25, -0.2) is 4.79 Å². The van der Waals surface area contributed by atoms with Crippen LogP contribution in [0.15, 0.2) is 43.7 Å². The van der Waals surface area contributed by atoms with Crippen LogP contribution >= 0.6 is 47.8 Å². The molecule has 216 valence electrons. The fourth-order valence-corrected chi connectivity index (χ4v) is 5.73. The van der Waals surface area contributed by atoms with Crippen molar-refractivity contribution in [1.29, 1.82) is 0 Å². The first-order chi connectivity index (χ1) is 18.3. The predicted molar refractivity (Wildman–Crippen MR) is 165 cm³/mol. The van der Waals surface area contributed by atoms with Crippen LogP contribution in [0, 0.1) is 0 Å². The fourth-order valence-electron chi connectivity index (χ4n) is 3.63. The van der Waals surface area contributed by atoms with E-state index in [0.717, 1.165) is 43.3 Å². The highest BCUT2D eigenvalue weighted by Crippen LogP contribution is 2.35. The summed E-state index contributed by atoms with van der Waals surface area (Å²) in [6.07, 6.45) is 1.15. The zero-order valence-corrected chi connectivity index (χ0v) is 28.1. The van der Waals surface area contributed by atoms with Gasteiger partial charge in [0.1, 0.15) is 23.1 Å². The lowest BCUT2D eigenvalue weighted by atomic mass is 10.0. The molecule has 0 fully saturated rings. The second-order valence-electron chi connectivity index (χ2n) is 10.3. The van der Waals surface area contributed by atoms with Gasteiger partial charge in [0.25, 0.3) is 0 Å². The third-order valence-electron chi connectivity index (χ3n) is 5.43. The number of benzene rings is 2. The Labute approximate surface area is 256 Å². The summed E-state index contributed by atoms with van der Waals surface area (Å²) < 4.78 is 19.1. The maximum atomic E-state index is 13.2. The number of nitrogens with one attached hydrogen (secondary N) is 2. The second kappa shape index (κ2) is 15.8. The molecular formula is C28H38Br3N3O5. The Morgan fingerprint density at radius 3 is 2.21 bits per heavy atom. The Kier molecular flexibility index (Phi) is 13.6. The zero-order valence-electron chi connectivity index (χ0n) is 23.3. The van der Waals surface area contributed by atoms with Crippen LogP contribution in [-0.4, -0.2) is 69.4 Å². The van der Waals surface area contributed by atoms with Crippen LogP contribution in [0.1, 0.15) is 38.3 Å². The van der Waals surface area contributed by atoms with Gasteiger partial charge >= 0.3 is 6.09 Å². The van der Waals surface area contributed by atoms with E-state index in [1.807, 2.05) is 44.4 Å². The molecule has 8 nitrogen and oxygen atoms in total. The second-order valence-corrected chi connectivity index (χ2v) is 12.9. The first-order valence-electron chi connectivity index (χ1n) is 12.6. The summed E-state index contributed by atoms with van der Waals surface area (Å²) in [6, 6.07) is 8.70. The quantitative estimate of drug-likeness (QED) is 0.242. The number of hydrogen-bond acceptors (Lipinski definition) is 6. The Balaban J connectivity index is 2.04. The highest BCUT2D eigenvalue weighted by molar-refractivity contribution is 9.11. The summed E-state index contributed by atoms with van der Waals surface area (Å²) in [5.41, 5.74) is 1.19. The molecule has 0 aromatic heterocycles. The Morgan fingerprint density at radius 1 is 1.00 bits per heavy atom. The zero-order chi connectivity index (χ0) is 29.2. The molecule has 0 saturated heterocycles. The van der Waals surface area contributed by atoms with E-state index in [9.17, 15) is 9.59 Å². The molecule has 1 atom stereocenters. The summed E-state index contributed by atoms with van der Waals surface area (Å²) in [6.45, 7) is 7.28. The molecule has 0 heterocycles. The summed E-state index contributed by atoms with van der Waals surface area (Å²) in [5.74, 6) is 1.14. The SMILES string of the molecule is COc1ccc(C[C@H](NC(=O)OC(C)(C)C)C(=O)NCCc2cc(Br)c(OCCCN(C)C)c(Br)c2)cc1Br. The van der Waals surface area contributed by atoms with E-state index in [-0.39, 0.29) is 12.3 Å². The van der Waals surface area contributed by atoms with Gasteiger partial charge in [-0.2, -0.15) is 0 Å². The molecule has 0 aliphatic heterocycles. The molecule has 2 amide bonds. The lowest BCUT2D eigenvalue weighted by Gasteiger charge is -2.23. The van der Waals surface area contributed by atoms with Crippen molar-refractivity contribution in [3.8, 4) is 11.5 Å². The van der Waals surface area contributed by atoms with E-state index in [1.165, 1.54) is 0 Å². The van der Waals surface area contributed by atoms with Crippen molar-refractivity contribution < 1.29 is 23.8 Å². The molecule has 0 bridgehead atoms. The van der Waals surface area contributed by atoms with Crippen molar-refractivity contribution in [2.75, 3.05) is 40.9 Å². The van der Waals surface area contributed by atoms with Crippen LogP contribution in [0.4, 0.5) is 4.79 Å². The van der Waals surface area contributed by atoms with Gasteiger partial charge in [0, 0.05) is 19.5 Å². The van der Waals surface area contributed by atoms with Crippen LogP contribution in [0.3, 0.4) is 0 Å². The van der Waals surface area contributed by atoms with Gasteiger partial charge < -0.3 is 29.7 Å². The third-order valence-corrected chi connectivity index (χ3v) is 7.23. The van der Waals surface area contributed by atoms with Gasteiger partial charge in [0.05, 0.1) is 27.1 Å². The topological polar surface area (TPSA) is 89.1 Å². The van der Waals surface area contributed by atoms with E-state index >= 15 is 0 Å². The normalized spacial score (nSPS) is 12.2. The lowest BCUT2D eigenvalue weighted by Crippen LogP contribution is -2.49. The van der Waals surface area contributed by atoms with Gasteiger partial charge in [0.15, 0.2) is 0 Å². The molecule has 0 spiro atoms. The van der Waals surface area contributed by atoms with E-state index in [1.54, 1.807) is 27.9 Å².